The van der Waals surface area contributed by atoms with Gasteiger partial charge in [-0.1, -0.05) is 12.2 Å². The van der Waals surface area contributed by atoms with Crippen LogP contribution in [0.4, 0.5) is 0 Å². The van der Waals surface area contributed by atoms with Crippen molar-refractivity contribution in [2.75, 3.05) is 19.4 Å². The van der Waals surface area contributed by atoms with Crippen LogP contribution in [-0.2, 0) is 0 Å². The topological polar surface area (TPSA) is 52.5 Å². The van der Waals surface area contributed by atoms with Crippen molar-refractivity contribution in [3.05, 3.63) is 12.2 Å². The molecule has 0 radical (unpaired) electrons. The average Bonchev–Trinajstić information content (AvgIpc) is 2.48. The third-order valence-electron chi connectivity index (χ3n) is 2.21. The highest BCUT2D eigenvalue weighted by molar-refractivity contribution is 7.99. The summed E-state index contributed by atoms with van der Waals surface area (Å²) in [7, 11) is 0. The average molecular weight is 203 g/mol. The van der Waals surface area contributed by atoms with Crippen molar-refractivity contribution in [1.29, 1.82) is 0 Å². The Balaban J connectivity index is 2.30. The van der Waals surface area contributed by atoms with Crippen LogP contribution in [-0.4, -0.2) is 47.0 Å². The van der Waals surface area contributed by atoms with Gasteiger partial charge in [0.2, 0.25) is 0 Å². The van der Waals surface area contributed by atoms with E-state index in [1.165, 1.54) is 0 Å². The summed E-state index contributed by atoms with van der Waals surface area (Å²) >= 11 is 1.73. The summed E-state index contributed by atoms with van der Waals surface area (Å²) in [6, 6.07) is 0.113. The summed E-state index contributed by atoms with van der Waals surface area (Å²) in [5, 5.41) is 21.8. The number of nitrogens with one attached hydrogen (secondary N) is 1. The molecule has 0 aromatic carbocycles. The fourth-order valence-corrected chi connectivity index (χ4v) is 2.27. The summed E-state index contributed by atoms with van der Waals surface area (Å²) < 4.78 is 0. The van der Waals surface area contributed by atoms with E-state index in [9.17, 15) is 5.11 Å². The van der Waals surface area contributed by atoms with Gasteiger partial charge in [0.05, 0.1) is 12.1 Å². The van der Waals surface area contributed by atoms with Gasteiger partial charge in [-0.3, -0.25) is 0 Å². The predicted molar refractivity (Wildman–Crippen MR) is 55.9 cm³/mol. The van der Waals surface area contributed by atoms with E-state index >= 15 is 0 Å². The van der Waals surface area contributed by atoms with Crippen molar-refractivity contribution in [3.8, 4) is 0 Å². The van der Waals surface area contributed by atoms with Crippen molar-refractivity contribution in [2.24, 2.45) is 0 Å². The van der Waals surface area contributed by atoms with Crippen molar-refractivity contribution >= 4 is 11.8 Å². The van der Waals surface area contributed by atoms with Crippen LogP contribution in [0, 0.1) is 0 Å². The molecule has 0 fully saturated rings. The van der Waals surface area contributed by atoms with E-state index in [2.05, 4.69) is 5.32 Å². The Kier molecular flexibility index (Phi) is 4.80. The highest BCUT2D eigenvalue weighted by atomic mass is 32.2. The predicted octanol–water partition coefficient (Wildman–Crippen LogP) is -0.0107. The molecule has 0 amide bonds. The normalized spacial score (nSPS) is 32.7. The van der Waals surface area contributed by atoms with E-state index < -0.39 is 0 Å². The Labute approximate surface area is 83.2 Å². The number of aliphatic hydroxyl groups excluding tert-OH is 2. The van der Waals surface area contributed by atoms with E-state index in [1.807, 2.05) is 18.4 Å². The fourth-order valence-electron chi connectivity index (χ4n) is 1.47. The van der Waals surface area contributed by atoms with E-state index in [4.69, 9.17) is 5.11 Å². The molecule has 1 aliphatic carbocycles. The Morgan fingerprint density at radius 1 is 1.46 bits per heavy atom. The van der Waals surface area contributed by atoms with Crippen molar-refractivity contribution < 1.29 is 10.2 Å². The quantitative estimate of drug-likeness (QED) is 0.434. The standard InChI is InChI=1S/C9H17NO2S/c1-13-8-4-3-7(12)9(8)10-5-2-6-11/h3-4,7-12H,2,5-6H2,1H3/t7-,8+,9+/m1/s1. The zero-order valence-corrected chi connectivity index (χ0v) is 8.63. The van der Waals surface area contributed by atoms with Crippen molar-refractivity contribution in [2.45, 2.75) is 23.8 Å². The fraction of sp³-hybridized carbons (Fsp3) is 0.778. The highest BCUT2D eigenvalue weighted by Crippen LogP contribution is 2.22. The third kappa shape index (κ3) is 2.98. The lowest BCUT2D eigenvalue weighted by atomic mass is 10.2. The monoisotopic (exact) mass is 203 g/mol. The van der Waals surface area contributed by atoms with E-state index in [0.29, 0.717) is 5.25 Å². The van der Waals surface area contributed by atoms with Crippen LogP contribution >= 0.6 is 11.8 Å². The number of rotatable bonds is 5. The molecule has 76 valence electrons. The van der Waals surface area contributed by atoms with Crippen LogP contribution in [0.2, 0.25) is 0 Å². The minimum Gasteiger partial charge on any atom is -0.396 e. The number of thioether (sulfide) groups is 1. The molecule has 3 N–H and O–H groups in total. The first-order chi connectivity index (χ1) is 6.29. The molecule has 0 saturated heterocycles. The molecule has 1 aliphatic rings. The molecular formula is C9H17NO2S. The number of hydrogen-bond donors (Lipinski definition) is 3. The van der Waals surface area contributed by atoms with Gasteiger partial charge in [-0.2, -0.15) is 11.8 Å². The molecular weight excluding hydrogens is 186 g/mol. The van der Waals surface area contributed by atoms with Gasteiger partial charge in [-0.15, -0.1) is 0 Å². The largest absolute Gasteiger partial charge is 0.396 e. The zero-order valence-electron chi connectivity index (χ0n) is 7.81. The first-order valence-electron chi connectivity index (χ1n) is 4.53. The molecule has 3 nitrogen and oxygen atoms in total. The molecule has 3 atom stereocenters. The molecule has 4 heteroatoms. The van der Waals surface area contributed by atoms with Crippen LogP contribution < -0.4 is 5.32 Å². The molecule has 0 bridgehead atoms. The van der Waals surface area contributed by atoms with Gasteiger partial charge in [0.1, 0.15) is 0 Å². The Bertz CT molecular complexity index is 175. The van der Waals surface area contributed by atoms with Crippen LogP contribution in [0.25, 0.3) is 0 Å². The van der Waals surface area contributed by atoms with Gasteiger partial charge in [0.25, 0.3) is 0 Å². The maximum atomic E-state index is 9.56. The lowest BCUT2D eigenvalue weighted by molar-refractivity contribution is 0.181. The Morgan fingerprint density at radius 2 is 2.23 bits per heavy atom. The molecule has 0 unspecified atom stereocenters. The second-order valence-corrected chi connectivity index (χ2v) is 4.15. The second-order valence-electron chi connectivity index (χ2n) is 3.13. The summed E-state index contributed by atoms with van der Waals surface area (Å²) in [4.78, 5) is 0. The molecule has 0 saturated carbocycles. The number of aliphatic hydroxyl groups is 2. The second kappa shape index (κ2) is 5.65. The highest BCUT2D eigenvalue weighted by Gasteiger charge is 2.28. The molecule has 0 aromatic rings. The van der Waals surface area contributed by atoms with Gasteiger partial charge in [0, 0.05) is 11.9 Å². The van der Waals surface area contributed by atoms with Crippen LogP contribution in [0.5, 0.6) is 0 Å². The van der Waals surface area contributed by atoms with Crippen molar-refractivity contribution in [1.82, 2.24) is 5.32 Å². The maximum absolute atomic E-state index is 9.56. The summed E-state index contributed by atoms with van der Waals surface area (Å²) in [6.07, 6.45) is 6.26. The number of hydrogen-bond acceptors (Lipinski definition) is 4. The first kappa shape index (κ1) is 11.0. The van der Waals surface area contributed by atoms with E-state index in [-0.39, 0.29) is 18.8 Å². The lowest BCUT2D eigenvalue weighted by Gasteiger charge is -2.22. The zero-order chi connectivity index (χ0) is 9.68. The molecule has 1 rings (SSSR count). The van der Waals surface area contributed by atoms with Gasteiger partial charge in [-0.05, 0) is 19.2 Å². The smallest absolute Gasteiger partial charge is 0.0888 e. The molecule has 0 spiro atoms. The van der Waals surface area contributed by atoms with Gasteiger partial charge in [0.15, 0.2) is 0 Å². The van der Waals surface area contributed by atoms with Gasteiger partial charge < -0.3 is 15.5 Å². The van der Waals surface area contributed by atoms with Crippen LogP contribution in [0.3, 0.4) is 0 Å². The molecule has 0 aromatic heterocycles. The Hall–Kier alpha value is -0.0300. The summed E-state index contributed by atoms with van der Waals surface area (Å²) in [6.45, 7) is 0.962. The summed E-state index contributed by atoms with van der Waals surface area (Å²) in [5.41, 5.74) is 0. The minimum absolute atomic E-state index is 0.113. The Morgan fingerprint density at radius 3 is 2.85 bits per heavy atom. The minimum atomic E-state index is -0.379. The summed E-state index contributed by atoms with van der Waals surface area (Å²) in [5.74, 6) is 0. The van der Waals surface area contributed by atoms with Gasteiger partial charge in [-0.25, -0.2) is 0 Å². The third-order valence-corrected chi connectivity index (χ3v) is 3.20. The van der Waals surface area contributed by atoms with Gasteiger partial charge >= 0.3 is 0 Å². The van der Waals surface area contributed by atoms with Crippen LogP contribution in [0.15, 0.2) is 12.2 Å². The van der Waals surface area contributed by atoms with Crippen molar-refractivity contribution in [3.63, 3.8) is 0 Å². The van der Waals surface area contributed by atoms with Crippen LogP contribution in [0.1, 0.15) is 6.42 Å². The maximum Gasteiger partial charge on any atom is 0.0888 e. The first-order valence-corrected chi connectivity index (χ1v) is 5.82. The van der Waals surface area contributed by atoms with E-state index in [1.54, 1.807) is 11.8 Å². The lowest BCUT2D eigenvalue weighted by Crippen LogP contribution is -2.43. The molecule has 13 heavy (non-hydrogen) atoms. The van der Waals surface area contributed by atoms with E-state index in [0.717, 1.165) is 13.0 Å². The molecule has 0 aliphatic heterocycles. The molecule has 0 heterocycles. The SMILES string of the molecule is CS[C@H]1C=C[C@@H](O)[C@@H]1NCCCO.